The lowest BCUT2D eigenvalue weighted by Gasteiger charge is -2.11. The first-order valence-corrected chi connectivity index (χ1v) is 10.6. The fourth-order valence-corrected chi connectivity index (χ4v) is 3.87. The fourth-order valence-electron chi connectivity index (χ4n) is 3.87. The van der Waals surface area contributed by atoms with Crippen molar-refractivity contribution in [2.24, 2.45) is 0 Å². The molecule has 0 aliphatic rings. The number of hydrogen-bond acceptors (Lipinski definition) is 4. The number of alkyl halides is 3. The van der Waals surface area contributed by atoms with Gasteiger partial charge in [0.2, 0.25) is 0 Å². The Kier molecular flexibility index (Phi) is 5.42. The van der Waals surface area contributed by atoms with Crippen LogP contribution in [0.2, 0.25) is 0 Å². The van der Waals surface area contributed by atoms with Gasteiger partial charge in [0.15, 0.2) is 5.65 Å². The van der Waals surface area contributed by atoms with Crippen LogP contribution in [-0.2, 0) is 12.6 Å². The van der Waals surface area contributed by atoms with E-state index >= 15 is 0 Å². The Balaban J connectivity index is 1.50. The van der Waals surface area contributed by atoms with Crippen LogP contribution in [0.3, 0.4) is 0 Å². The van der Waals surface area contributed by atoms with Gasteiger partial charge in [0.25, 0.3) is 0 Å². The van der Waals surface area contributed by atoms with Crippen molar-refractivity contribution in [1.29, 1.82) is 0 Å². The van der Waals surface area contributed by atoms with Crippen molar-refractivity contribution in [3.8, 4) is 11.3 Å². The van der Waals surface area contributed by atoms with Crippen molar-refractivity contribution in [2.45, 2.75) is 19.0 Å². The average Bonchev–Trinajstić information content (AvgIpc) is 3.26. The third kappa shape index (κ3) is 4.24. The molecule has 2 heterocycles. The van der Waals surface area contributed by atoms with Crippen LogP contribution in [0, 0.1) is 0 Å². The van der Waals surface area contributed by atoms with Gasteiger partial charge in [0, 0.05) is 17.5 Å². The first-order chi connectivity index (χ1) is 16.0. The minimum atomic E-state index is -4.44. The van der Waals surface area contributed by atoms with Crippen molar-refractivity contribution < 1.29 is 13.2 Å². The highest BCUT2D eigenvalue weighted by atomic mass is 19.4. The van der Waals surface area contributed by atoms with Gasteiger partial charge in [-0.15, -0.1) is 5.10 Å². The SMILES string of the molecule is FC(F)(F)c1cccc(-c2nnn3c2nc(NCCCc2ccccc2)c2ccccc23)c1. The van der Waals surface area contributed by atoms with E-state index in [-0.39, 0.29) is 0 Å². The lowest BCUT2D eigenvalue weighted by Crippen LogP contribution is -2.07. The van der Waals surface area contributed by atoms with Crippen LogP contribution >= 0.6 is 0 Å². The van der Waals surface area contributed by atoms with Gasteiger partial charge in [-0.1, -0.05) is 59.8 Å². The van der Waals surface area contributed by atoms with E-state index in [1.807, 2.05) is 42.5 Å². The molecule has 8 heteroatoms. The zero-order valence-corrected chi connectivity index (χ0v) is 17.5. The van der Waals surface area contributed by atoms with Gasteiger partial charge in [0.1, 0.15) is 11.5 Å². The maximum absolute atomic E-state index is 13.2. The number of benzene rings is 3. The largest absolute Gasteiger partial charge is 0.416 e. The number of aryl methyl sites for hydroxylation is 1. The second kappa shape index (κ2) is 8.54. The summed E-state index contributed by atoms with van der Waals surface area (Å²) in [5.74, 6) is 0.654. The first kappa shape index (κ1) is 20.9. The average molecular weight is 447 g/mol. The third-order valence-corrected chi connectivity index (χ3v) is 5.49. The zero-order chi connectivity index (χ0) is 22.8. The van der Waals surface area contributed by atoms with Crippen LogP contribution < -0.4 is 5.32 Å². The molecule has 0 spiro atoms. The van der Waals surface area contributed by atoms with Crippen molar-refractivity contribution in [1.82, 2.24) is 19.8 Å². The minimum absolute atomic E-state index is 0.305. The normalized spacial score (nSPS) is 11.8. The Labute approximate surface area is 187 Å². The number of para-hydroxylation sites is 1. The highest BCUT2D eigenvalue weighted by Crippen LogP contribution is 2.33. The Bertz CT molecular complexity index is 1410. The lowest BCUT2D eigenvalue weighted by atomic mass is 10.1. The fraction of sp³-hybridized carbons (Fsp3) is 0.160. The molecule has 33 heavy (non-hydrogen) atoms. The van der Waals surface area contributed by atoms with E-state index < -0.39 is 11.7 Å². The summed E-state index contributed by atoms with van der Waals surface area (Å²) < 4.78 is 41.2. The second-order valence-corrected chi connectivity index (χ2v) is 7.75. The number of hydrogen-bond donors (Lipinski definition) is 1. The van der Waals surface area contributed by atoms with E-state index in [0.29, 0.717) is 29.3 Å². The molecule has 0 saturated carbocycles. The van der Waals surface area contributed by atoms with Crippen molar-refractivity contribution >= 4 is 22.4 Å². The number of rotatable bonds is 6. The Morgan fingerprint density at radius 1 is 0.879 bits per heavy atom. The molecule has 0 bridgehead atoms. The number of anilines is 1. The molecular weight excluding hydrogens is 427 g/mol. The van der Waals surface area contributed by atoms with Crippen molar-refractivity contribution in [3.05, 3.63) is 90.0 Å². The Morgan fingerprint density at radius 2 is 1.67 bits per heavy atom. The molecule has 1 N–H and O–H groups in total. The van der Waals surface area contributed by atoms with Gasteiger partial charge in [-0.25, -0.2) is 4.98 Å². The maximum Gasteiger partial charge on any atom is 0.416 e. The van der Waals surface area contributed by atoms with E-state index in [0.717, 1.165) is 35.9 Å². The lowest BCUT2D eigenvalue weighted by molar-refractivity contribution is -0.137. The summed E-state index contributed by atoms with van der Waals surface area (Å²) in [6.07, 6.45) is -2.61. The van der Waals surface area contributed by atoms with Crippen LogP contribution in [0.25, 0.3) is 27.8 Å². The quantitative estimate of drug-likeness (QED) is 0.324. The number of halogens is 3. The highest BCUT2D eigenvalue weighted by Gasteiger charge is 2.31. The molecule has 5 aromatic rings. The number of nitrogens with zero attached hydrogens (tertiary/aromatic N) is 4. The van der Waals surface area contributed by atoms with E-state index in [4.69, 9.17) is 4.98 Å². The second-order valence-electron chi connectivity index (χ2n) is 7.75. The molecule has 0 fully saturated rings. The summed E-state index contributed by atoms with van der Waals surface area (Å²) in [4.78, 5) is 4.72. The monoisotopic (exact) mass is 447 g/mol. The molecule has 0 aliphatic carbocycles. The van der Waals surface area contributed by atoms with E-state index in [2.05, 4.69) is 27.8 Å². The Hall–Kier alpha value is -3.94. The summed E-state index contributed by atoms with van der Waals surface area (Å²) in [5, 5.41) is 12.6. The predicted molar refractivity (Wildman–Crippen MR) is 122 cm³/mol. The molecule has 0 saturated heterocycles. The van der Waals surface area contributed by atoms with Crippen molar-refractivity contribution in [3.63, 3.8) is 0 Å². The summed E-state index contributed by atoms with van der Waals surface area (Å²) in [7, 11) is 0. The highest BCUT2D eigenvalue weighted by molar-refractivity contribution is 5.93. The molecular formula is C25H20F3N5. The first-order valence-electron chi connectivity index (χ1n) is 10.6. The maximum atomic E-state index is 13.2. The molecule has 5 rings (SSSR count). The van der Waals surface area contributed by atoms with Crippen LogP contribution in [0.1, 0.15) is 17.5 Å². The van der Waals surface area contributed by atoms with E-state index in [9.17, 15) is 13.2 Å². The van der Waals surface area contributed by atoms with Crippen molar-refractivity contribution in [2.75, 3.05) is 11.9 Å². The summed E-state index contributed by atoms with van der Waals surface area (Å²) in [5.41, 5.74) is 2.33. The standard InChI is InChI=1S/C25H20F3N5/c26-25(27,28)19-12-6-11-18(16-19)22-24-30-23(29-15-7-10-17-8-2-1-3-9-17)20-13-4-5-14-21(20)33(24)32-31-22/h1-6,8-9,11-14,16H,7,10,15H2,(H,29,30). The van der Waals surface area contributed by atoms with Crippen LogP contribution in [0.5, 0.6) is 0 Å². The molecule has 0 unspecified atom stereocenters. The molecule has 5 nitrogen and oxygen atoms in total. The number of aromatic nitrogens is 4. The molecule has 2 aromatic heterocycles. The topological polar surface area (TPSA) is 55.1 Å². The van der Waals surface area contributed by atoms with Gasteiger partial charge < -0.3 is 5.32 Å². The Morgan fingerprint density at radius 3 is 2.48 bits per heavy atom. The predicted octanol–water partition coefficient (Wildman–Crippen LogP) is 6.01. The third-order valence-electron chi connectivity index (χ3n) is 5.49. The molecule has 0 radical (unpaired) electrons. The molecule has 3 aromatic carbocycles. The van der Waals surface area contributed by atoms with Gasteiger partial charge >= 0.3 is 6.18 Å². The van der Waals surface area contributed by atoms with Gasteiger partial charge in [-0.2, -0.15) is 17.7 Å². The summed E-state index contributed by atoms with van der Waals surface area (Å²) >= 11 is 0. The van der Waals surface area contributed by atoms with E-state index in [1.165, 1.54) is 11.6 Å². The van der Waals surface area contributed by atoms with Crippen LogP contribution in [0.15, 0.2) is 78.9 Å². The summed E-state index contributed by atoms with van der Waals surface area (Å²) in [6.45, 7) is 0.697. The minimum Gasteiger partial charge on any atom is -0.369 e. The van der Waals surface area contributed by atoms with Crippen LogP contribution in [-0.4, -0.2) is 26.4 Å². The smallest absolute Gasteiger partial charge is 0.369 e. The summed E-state index contributed by atoms with van der Waals surface area (Å²) in [6, 6.07) is 22.9. The molecule has 0 aliphatic heterocycles. The molecule has 0 atom stereocenters. The van der Waals surface area contributed by atoms with Crippen LogP contribution in [0.4, 0.5) is 19.0 Å². The van der Waals surface area contributed by atoms with Gasteiger partial charge in [-0.05, 0) is 42.7 Å². The molecule has 0 amide bonds. The number of fused-ring (bicyclic) bond motifs is 3. The molecule has 166 valence electrons. The zero-order valence-electron chi connectivity index (χ0n) is 17.5. The van der Waals surface area contributed by atoms with Gasteiger partial charge in [0.05, 0.1) is 11.1 Å². The van der Waals surface area contributed by atoms with E-state index in [1.54, 1.807) is 10.6 Å². The number of nitrogens with one attached hydrogen (secondary N) is 1. The van der Waals surface area contributed by atoms with Gasteiger partial charge in [-0.3, -0.25) is 0 Å².